The summed E-state index contributed by atoms with van der Waals surface area (Å²) in [5.74, 6) is 1.52. The zero-order chi connectivity index (χ0) is 15.1. The lowest BCUT2D eigenvalue weighted by atomic mass is 10.1. The van der Waals surface area contributed by atoms with Crippen LogP contribution in [0.5, 0.6) is 0 Å². The van der Waals surface area contributed by atoms with Crippen LogP contribution in [0.3, 0.4) is 0 Å². The highest BCUT2D eigenvalue weighted by molar-refractivity contribution is 5.62. The van der Waals surface area contributed by atoms with Gasteiger partial charge in [0.1, 0.15) is 12.4 Å². The lowest BCUT2D eigenvalue weighted by molar-refractivity contribution is 0.128. The van der Waals surface area contributed by atoms with E-state index in [-0.39, 0.29) is 0 Å². The maximum absolute atomic E-state index is 5.43. The van der Waals surface area contributed by atoms with Crippen molar-refractivity contribution in [3.8, 4) is 11.3 Å². The van der Waals surface area contributed by atoms with Gasteiger partial charge in [-0.25, -0.2) is 9.97 Å². The molecule has 0 aromatic carbocycles. The van der Waals surface area contributed by atoms with Gasteiger partial charge < -0.3 is 10.1 Å². The van der Waals surface area contributed by atoms with Crippen LogP contribution in [0.2, 0.25) is 0 Å². The molecule has 2 rings (SSSR count). The van der Waals surface area contributed by atoms with Gasteiger partial charge >= 0.3 is 0 Å². The molecule has 112 valence electrons. The molecule has 2 heterocycles. The molecule has 21 heavy (non-hydrogen) atoms. The number of anilines is 1. The highest BCUT2D eigenvalue weighted by atomic mass is 16.5. The standard InChI is InChI=1S/C16H22N4O/c1-4-6-18-15-8-14(13-7-12(3)9-17-10-13)19-16(20-15)11-21-5-2/h7-10H,4-6,11H2,1-3H3,(H,18,19,20). The second kappa shape index (κ2) is 7.69. The predicted molar refractivity (Wildman–Crippen MR) is 84.1 cm³/mol. The summed E-state index contributed by atoms with van der Waals surface area (Å²) in [6.07, 6.45) is 4.71. The zero-order valence-electron chi connectivity index (χ0n) is 12.9. The molecular weight excluding hydrogens is 264 g/mol. The largest absolute Gasteiger partial charge is 0.374 e. The van der Waals surface area contributed by atoms with Crippen molar-refractivity contribution in [1.82, 2.24) is 15.0 Å². The fourth-order valence-electron chi connectivity index (χ4n) is 1.94. The van der Waals surface area contributed by atoms with Gasteiger partial charge in [0.2, 0.25) is 0 Å². The molecular formula is C16H22N4O. The first-order chi connectivity index (χ1) is 10.2. The summed E-state index contributed by atoms with van der Waals surface area (Å²) in [5, 5.41) is 3.31. The fourth-order valence-corrected chi connectivity index (χ4v) is 1.94. The molecule has 0 bridgehead atoms. The summed E-state index contributed by atoms with van der Waals surface area (Å²) in [4.78, 5) is 13.3. The minimum atomic E-state index is 0.421. The lowest BCUT2D eigenvalue weighted by Crippen LogP contribution is -2.07. The maximum Gasteiger partial charge on any atom is 0.157 e. The van der Waals surface area contributed by atoms with Crippen LogP contribution in [0.1, 0.15) is 31.7 Å². The number of pyridine rings is 1. The fraction of sp³-hybridized carbons (Fsp3) is 0.438. The first-order valence-corrected chi connectivity index (χ1v) is 7.34. The highest BCUT2D eigenvalue weighted by Crippen LogP contribution is 2.20. The Kier molecular flexibility index (Phi) is 5.63. The van der Waals surface area contributed by atoms with Crippen LogP contribution in [-0.4, -0.2) is 28.1 Å². The van der Waals surface area contributed by atoms with E-state index in [0.29, 0.717) is 19.0 Å². The Labute approximate surface area is 125 Å². The second-order valence-electron chi connectivity index (χ2n) is 4.87. The Morgan fingerprint density at radius 1 is 1.14 bits per heavy atom. The molecule has 0 radical (unpaired) electrons. The van der Waals surface area contributed by atoms with Crippen LogP contribution in [0.25, 0.3) is 11.3 Å². The van der Waals surface area contributed by atoms with Gasteiger partial charge in [0.15, 0.2) is 5.82 Å². The Balaban J connectivity index is 2.33. The number of aromatic nitrogens is 3. The molecule has 0 spiro atoms. The normalized spacial score (nSPS) is 10.6. The molecule has 0 fully saturated rings. The van der Waals surface area contributed by atoms with Crippen molar-refractivity contribution in [2.75, 3.05) is 18.5 Å². The number of hydrogen-bond acceptors (Lipinski definition) is 5. The topological polar surface area (TPSA) is 59.9 Å². The monoisotopic (exact) mass is 286 g/mol. The quantitative estimate of drug-likeness (QED) is 0.847. The van der Waals surface area contributed by atoms with Crippen LogP contribution in [0.4, 0.5) is 5.82 Å². The van der Waals surface area contributed by atoms with Crippen LogP contribution in [0, 0.1) is 6.92 Å². The molecule has 0 aliphatic heterocycles. The van der Waals surface area contributed by atoms with E-state index in [0.717, 1.165) is 35.6 Å². The summed E-state index contributed by atoms with van der Waals surface area (Å²) in [7, 11) is 0. The molecule has 0 atom stereocenters. The minimum absolute atomic E-state index is 0.421. The zero-order valence-corrected chi connectivity index (χ0v) is 12.9. The van der Waals surface area contributed by atoms with E-state index in [1.807, 2.05) is 32.3 Å². The van der Waals surface area contributed by atoms with E-state index in [2.05, 4.69) is 33.3 Å². The molecule has 0 amide bonds. The van der Waals surface area contributed by atoms with Gasteiger partial charge in [0.05, 0.1) is 5.69 Å². The van der Waals surface area contributed by atoms with Crippen LogP contribution in [0.15, 0.2) is 24.5 Å². The van der Waals surface area contributed by atoms with E-state index in [1.54, 1.807) is 0 Å². The smallest absolute Gasteiger partial charge is 0.157 e. The average Bonchev–Trinajstić information content (AvgIpc) is 2.50. The number of hydrogen-bond donors (Lipinski definition) is 1. The van der Waals surface area contributed by atoms with Crippen molar-refractivity contribution in [1.29, 1.82) is 0 Å². The SMILES string of the molecule is CCCNc1cc(-c2cncc(C)c2)nc(COCC)n1. The Bertz CT molecular complexity index is 560. The molecule has 5 heteroatoms. The molecule has 0 unspecified atom stereocenters. The Morgan fingerprint density at radius 2 is 2.00 bits per heavy atom. The number of nitrogens with one attached hydrogen (secondary N) is 1. The van der Waals surface area contributed by atoms with E-state index in [1.165, 1.54) is 0 Å². The molecule has 5 nitrogen and oxygen atoms in total. The van der Waals surface area contributed by atoms with Crippen molar-refractivity contribution < 1.29 is 4.74 Å². The summed E-state index contributed by atoms with van der Waals surface area (Å²) in [6, 6.07) is 4.03. The summed E-state index contributed by atoms with van der Waals surface area (Å²) in [5.41, 5.74) is 2.98. The number of nitrogens with zero attached hydrogens (tertiary/aromatic N) is 3. The highest BCUT2D eigenvalue weighted by Gasteiger charge is 2.07. The Morgan fingerprint density at radius 3 is 2.71 bits per heavy atom. The summed E-state index contributed by atoms with van der Waals surface area (Å²) >= 11 is 0. The van der Waals surface area contributed by atoms with Gasteiger partial charge in [-0.05, 0) is 31.9 Å². The van der Waals surface area contributed by atoms with Crippen molar-refractivity contribution in [2.24, 2.45) is 0 Å². The minimum Gasteiger partial charge on any atom is -0.374 e. The van der Waals surface area contributed by atoms with E-state index in [9.17, 15) is 0 Å². The first-order valence-electron chi connectivity index (χ1n) is 7.34. The predicted octanol–water partition coefficient (Wildman–Crippen LogP) is 3.21. The van der Waals surface area contributed by atoms with Crippen molar-refractivity contribution in [2.45, 2.75) is 33.8 Å². The number of aryl methyl sites for hydroxylation is 1. The molecule has 0 aliphatic carbocycles. The molecule has 2 aromatic heterocycles. The van der Waals surface area contributed by atoms with Crippen molar-refractivity contribution in [3.05, 3.63) is 35.9 Å². The van der Waals surface area contributed by atoms with E-state index < -0.39 is 0 Å². The molecule has 0 saturated heterocycles. The Hall–Kier alpha value is -2.01. The maximum atomic E-state index is 5.43. The molecule has 2 aromatic rings. The van der Waals surface area contributed by atoms with Crippen LogP contribution >= 0.6 is 0 Å². The summed E-state index contributed by atoms with van der Waals surface area (Å²) in [6.45, 7) is 8.07. The van der Waals surface area contributed by atoms with Gasteiger partial charge in [-0.2, -0.15) is 0 Å². The van der Waals surface area contributed by atoms with Gasteiger partial charge in [-0.3, -0.25) is 4.98 Å². The second-order valence-corrected chi connectivity index (χ2v) is 4.87. The summed E-state index contributed by atoms with van der Waals surface area (Å²) < 4.78 is 5.43. The van der Waals surface area contributed by atoms with Crippen LogP contribution in [-0.2, 0) is 11.3 Å². The van der Waals surface area contributed by atoms with Gasteiger partial charge in [0.25, 0.3) is 0 Å². The average molecular weight is 286 g/mol. The first kappa shape index (κ1) is 15.4. The van der Waals surface area contributed by atoms with Crippen molar-refractivity contribution in [3.63, 3.8) is 0 Å². The van der Waals surface area contributed by atoms with Gasteiger partial charge in [-0.1, -0.05) is 6.92 Å². The third-order valence-corrected chi connectivity index (χ3v) is 2.93. The van der Waals surface area contributed by atoms with Crippen molar-refractivity contribution >= 4 is 5.82 Å². The third-order valence-electron chi connectivity index (χ3n) is 2.93. The van der Waals surface area contributed by atoms with E-state index in [4.69, 9.17) is 4.74 Å². The molecule has 1 N–H and O–H groups in total. The third kappa shape index (κ3) is 4.49. The van der Waals surface area contributed by atoms with Crippen LogP contribution < -0.4 is 5.32 Å². The number of rotatable bonds is 7. The number of ether oxygens (including phenoxy) is 1. The van der Waals surface area contributed by atoms with E-state index >= 15 is 0 Å². The molecule has 0 saturated carbocycles. The van der Waals surface area contributed by atoms with Gasteiger partial charge in [-0.15, -0.1) is 0 Å². The molecule has 0 aliphatic rings. The lowest BCUT2D eigenvalue weighted by Gasteiger charge is -2.10. The van der Waals surface area contributed by atoms with Gasteiger partial charge in [0, 0.05) is 37.2 Å².